The minimum atomic E-state index is -4.20. The van der Waals surface area contributed by atoms with Crippen LogP contribution in [0.2, 0.25) is 5.02 Å². The number of benzene rings is 1. The van der Waals surface area contributed by atoms with Crippen molar-refractivity contribution in [2.45, 2.75) is 43.4 Å². The zero-order chi connectivity index (χ0) is 20.6. The predicted molar refractivity (Wildman–Crippen MR) is 102 cm³/mol. The fraction of sp³-hybridized carbons (Fsp3) is 0.421. The van der Waals surface area contributed by atoms with Crippen LogP contribution < -0.4 is 4.74 Å². The summed E-state index contributed by atoms with van der Waals surface area (Å²) in [6, 6.07) is 9.14. The van der Waals surface area contributed by atoms with Gasteiger partial charge in [0.1, 0.15) is 11.6 Å². The zero-order valence-electron chi connectivity index (χ0n) is 15.4. The average molecular weight is 434 g/mol. The molecule has 0 fully saturated rings. The van der Waals surface area contributed by atoms with Gasteiger partial charge in [0.2, 0.25) is 5.88 Å². The van der Waals surface area contributed by atoms with Crippen LogP contribution in [0.3, 0.4) is 0 Å². The molecule has 5 nitrogen and oxygen atoms in total. The highest BCUT2D eigenvalue weighted by molar-refractivity contribution is 7.86. The third-order valence-corrected chi connectivity index (χ3v) is 5.45. The molecule has 2 aromatic rings. The molecule has 0 saturated carbocycles. The van der Waals surface area contributed by atoms with Gasteiger partial charge in [-0.2, -0.15) is 8.42 Å². The van der Waals surface area contributed by atoms with Gasteiger partial charge in [-0.25, -0.2) is 13.8 Å². The molecule has 0 aliphatic rings. The first-order valence-corrected chi connectivity index (χ1v) is 10.6. The Bertz CT molecular complexity index is 860. The molecule has 0 N–H and O–H groups in total. The molecule has 0 spiro atoms. The minimum absolute atomic E-state index is 0.140. The van der Waals surface area contributed by atoms with Crippen molar-refractivity contribution in [2.24, 2.45) is 0 Å². The highest BCUT2D eigenvalue weighted by Gasteiger charge is 2.31. The third-order valence-electron chi connectivity index (χ3n) is 3.89. The highest BCUT2D eigenvalue weighted by atomic mass is 35.5. The molecule has 0 bridgehead atoms. The Balaban J connectivity index is 1.69. The van der Waals surface area contributed by atoms with Gasteiger partial charge in [-0.05, 0) is 50.5 Å². The Morgan fingerprint density at radius 2 is 1.82 bits per heavy atom. The smallest absolute Gasteiger partial charge is 0.297 e. The number of ether oxygens (including phenoxy) is 1. The van der Waals surface area contributed by atoms with Crippen molar-refractivity contribution in [3.05, 3.63) is 53.2 Å². The SMILES string of the molecule is Cc1ccc(S(=O)(=O)OCC(F)(F)CCCCCOc2ncccc2Cl)cc1. The van der Waals surface area contributed by atoms with Gasteiger partial charge < -0.3 is 4.74 Å². The largest absolute Gasteiger partial charge is 0.477 e. The number of aromatic nitrogens is 1. The van der Waals surface area contributed by atoms with E-state index in [9.17, 15) is 17.2 Å². The fourth-order valence-corrected chi connectivity index (χ4v) is 3.43. The minimum Gasteiger partial charge on any atom is -0.477 e. The van der Waals surface area contributed by atoms with Crippen molar-refractivity contribution >= 4 is 21.7 Å². The Kier molecular flexibility index (Phi) is 8.15. The number of hydrogen-bond acceptors (Lipinski definition) is 5. The molecule has 28 heavy (non-hydrogen) atoms. The fourth-order valence-electron chi connectivity index (χ4n) is 2.32. The second-order valence-electron chi connectivity index (χ2n) is 6.33. The summed E-state index contributed by atoms with van der Waals surface area (Å²) in [6.07, 6.45) is 2.32. The number of nitrogens with zero attached hydrogens (tertiary/aromatic N) is 1. The van der Waals surface area contributed by atoms with Crippen molar-refractivity contribution in [3.63, 3.8) is 0 Å². The van der Waals surface area contributed by atoms with E-state index in [1.165, 1.54) is 12.1 Å². The van der Waals surface area contributed by atoms with Crippen LogP contribution in [0, 0.1) is 6.92 Å². The molecule has 0 aliphatic carbocycles. The lowest BCUT2D eigenvalue weighted by Crippen LogP contribution is -2.26. The van der Waals surface area contributed by atoms with E-state index in [1.54, 1.807) is 37.4 Å². The number of hydrogen-bond donors (Lipinski definition) is 0. The van der Waals surface area contributed by atoms with Crippen LogP contribution in [0.15, 0.2) is 47.5 Å². The molecule has 0 unspecified atom stereocenters. The quantitative estimate of drug-likeness (QED) is 0.367. The van der Waals surface area contributed by atoms with E-state index < -0.39 is 29.1 Å². The summed E-state index contributed by atoms with van der Waals surface area (Å²) >= 11 is 5.90. The number of unbranched alkanes of at least 4 members (excludes halogenated alkanes) is 2. The Labute approximate surface area is 168 Å². The first kappa shape index (κ1) is 22.5. The molecule has 1 heterocycles. The first-order chi connectivity index (χ1) is 13.2. The molecular weight excluding hydrogens is 412 g/mol. The maximum absolute atomic E-state index is 13.9. The number of rotatable bonds is 11. The van der Waals surface area contributed by atoms with Crippen molar-refractivity contribution in [1.82, 2.24) is 4.98 Å². The van der Waals surface area contributed by atoms with E-state index in [2.05, 4.69) is 9.17 Å². The second-order valence-corrected chi connectivity index (χ2v) is 8.36. The summed E-state index contributed by atoms with van der Waals surface area (Å²) in [6.45, 7) is 0.922. The standard InChI is InChI=1S/C19H22ClF2NO4S/c1-15-7-9-16(10-8-15)28(24,25)27-14-19(21,22)11-3-2-4-13-26-18-17(20)6-5-12-23-18/h5-10,12H,2-4,11,13-14H2,1H3. The normalized spacial score (nSPS) is 12.1. The van der Waals surface area contributed by atoms with Crippen molar-refractivity contribution in [3.8, 4) is 5.88 Å². The molecule has 0 amide bonds. The molecule has 2 rings (SSSR count). The van der Waals surface area contributed by atoms with Crippen molar-refractivity contribution in [2.75, 3.05) is 13.2 Å². The maximum atomic E-state index is 13.9. The van der Waals surface area contributed by atoms with E-state index >= 15 is 0 Å². The highest BCUT2D eigenvalue weighted by Crippen LogP contribution is 2.25. The lowest BCUT2D eigenvalue weighted by molar-refractivity contribution is -0.0479. The third kappa shape index (κ3) is 7.33. The van der Waals surface area contributed by atoms with Crippen molar-refractivity contribution < 1.29 is 26.1 Å². The first-order valence-electron chi connectivity index (χ1n) is 8.77. The van der Waals surface area contributed by atoms with E-state index in [4.69, 9.17) is 16.3 Å². The lowest BCUT2D eigenvalue weighted by Gasteiger charge is -2.16. The Morgan fingerprint density at radius 3 is 2.50 bits per heavy atom. The molecule has 0 aliphatic heterocycles. The number of pyridine rings is 1. The van der Waals surface area contributed by atoms with Crippen LogP contribution in [0.1, 0.15) is 31.2 Å². The van der Waals surface area contributed by atoms with E-state index in [0.29, 0.717) is 30.4 Å². The Morgan fingerprint density at radius 1 is 1.11 bits per heavy atom. The number of alkyl halides is 2. The van der Waals surface area contributed by atoms with Crippen LogP contribution >= 0.6 is 11.6 Å². The summed E-state index contributed by atoms with van der Waals surface area (Å²) in [4.78, 5) is 3.83. The summed E-state index contributed by atoms with van der Waals surface area (Å²) in [5.74, 6) is -2.92. The summed E-state index contributed by atoms with van der Waals surface area (Å²) < 4.78 is 61.7. The van der Waals surface area contributed by atoms with Gasteiger partial charge in [0.25, 0.3) is 16.0 Å². The van der Waals surface area contributed by atoms with E-state index in [-0.39, 0.29) is 11.3 Å². The molecule has 1 aromatic heterocycles. The average Bonchev–Trinajstić information content (AvgIpc) is 2.65. The second kappa shape index (κ2) is 10.1. The monoisotopic (exact) mass is 433 g/mol. The summed E-state index contributed by atoms with van der Waals surface area (Å²) in [7, 11) is -4.20. The zero-order valence-corrected chi connectivity index (χ0v) is 17.0. The number of aryl methyl sites for hydroxylation is 1. The topological polar surface area (TPSA) is 65.5 Å². The predicted octanol–water partition coefficient (Wildman–Crippen LogP) is 5.02. The van der Waals surface area contributed by atoms with Crippen LogP contribution in [0.5, 0.6) is 5.88 Å². The van der Waals surface area contributed by atoms with Crippen LogP contribution in [-0.4, -0.2) is 32.5 Å². The van der Waals surface area contributed by atoms with Gasteiger partial charge in [-0.1, -0.05) is 29.3 Å². The van der Waals surface area contributed by atoms with Crippen LogP contribution in [0.4, 0.5) is 8.78 Å². The number of halogens is 3. The maximum Gasteiger partial charge on any atom is 0.297 e. The molecule has 1 aromatic carbocycles. The molecular formula is C19H22ClF2NO4S. The summed E-state index contributed by atoms with van der Waals surface area (Å²) in [5, 5.41) is 0.390. The van der Waals surface area contributed by atoms with Crippen LogP contribution in [0.25, 0.3) is 0 Å². The van der Waals surface area contributed by atoms with Gasteiger partial charge in [-0.3, -0.25) is 4.18 Å². The van der Waals surface area contributed by atoms with Gasteiger partial charge in [0.05, 0.1) is 11.5 Å². The van der Waals surface area contributed by atoms with Gasteiger partial charge in [0, 0.05) is 12.6 Å². The molecule has 154 valence electrons. The molecule has 9 heteroatoms. The van der Waals surface area contributed by atoms with E-state index in [1.807, 2.05) is 0 Å². The van der Waals surface area contributed by atoms with Gasteiger partial charge >= 0.3 is 0 Å². The molecule has 0 atom stereocenters. The van der Waals surface area contributed by atoms with Crippen molar-refractivity contribution in [1.29, 1.82) is 0 Å². The molecule has 0 saturated heterocycles. The Hall–Kier alpha value is -1.77. The van der Waals surface area contributed by atoms with Gasteiger partial charge in [-0.15, -0.1) is 0 Å². The van der Waals surface area contributed by atoms with Crippen LogP contribution in [-0.2, 0) is 14.3 Å². The van der Waals surface area contributed by atoms with Gasteiger partial charge in [0.15, 0.2) is 0 Å². The molecule has 0 radical (unpaired) electrons. The summed E-state index contributed by atoms with van der Waals surface area (Å²) in [5.41, 5.74) is 0.860. The lowest BCUT2D eigenvalue weighted by atomic mass is 10.1. The van der Waals surface area contributed by atoms with E-state index in [0.717, 1.165) is 5.56 Å².